The first-order valence-corrected chi connectivity index (χ1v) is 6.17. The molecule has 16 heavy (non-hydrogen) atoms. The molecule has 2 nitrogen and oxygen atoms in total. The number of hydrogen-bond donors (Lipinski definition) is 1. The second-order valence-corrected chi connectivity index (χ2v) is 4.64. The fraction of sp³-hybridized carbons (Fsp3) is 0.500. The predicted octanol–water partition coefficient (Wildman–Crippen LogP) is 2.84. The van der Waals surface area contributed by atoms with Gasteiger partial charge in [-0.05, 0) is 50.2 Å². The van der Waals surface area contributed by atoms with Crippen molar-refractivity contribution in [2.24, 2.45) is 5.73 Å². The quantitative estimate of drug-likeness (QED) is 0.786. The highest BCUT2D eigenvalue weighted by atomic mass is 14.6. The molecule has 0 saturated carbocycles. The molecule has 1 atom stereocenters. The SMILES string of the molecule is NC(CC1=CCCCC1)Cc1cccnc1. The average molecular weight is 216 g/mol. The summed E-state index contributed by atoms with van der Waals surface area (Å²) in [6, 6.07) is 4.32. The third-order valence-electron chi connectivity index (χ3n) is 3.13. The topological polar surface area (TPSA) is 38.9 Å². The number of pyridine rings is 1. The van der Waals surface area contributed by atoms with Crippen LogP contribution in [0.15, 0.2) is 36.2 Å². The monoisotopic (exact) mass is 216 g/mol. The van der Waals surface area contributed by atoms with Gasteiger partial charge in [0.15, 0.2) is 0 Å². The fourth-order valence-electron chi connectivity index (χ4n) is 2.32. The van der Waals surface area contributed by atoms with Gasteiger partial charge in [0.05, 0.1) is 0 Å². The van der Waals surface area contributed by atoms with Crippen molar-refractivity contribution in [3.05, 3.63) is 41.7 Å². The Morgan fingerprint density at radius 3 is 2.94 bits per heavy atom. The van der Waals surface area contributed by atoms with E-state index in [0.29, 0.717) is 0 Å². The number of aromatic nitrogens is 1. The van der Waals surface area contributed by atoms with E-state index >= 15 is 0 Å². The van der Waals surface area contributed by atoms with E-state index in [1.165, 1.54) is 31.2 Å². The molecule has 0 aliphatic heterocycles. The first-order chi connectivity index (χ1) is 7.84. The van der Waals surface area contributed by atoms with Crippen LogP contribution in [0.2, 0.25) is 0 Å². The fourth-order valence-corrected chi connectivity index (χ4v) is 2.32. The highest BCUT2D eigenvalue weighted by molar-refractivity contribution is 5.13. The Morgan fingerprint density at radius 1 is 1.31 bits per heavy atom. The first kappa shape index (κ1) is 11.3. The highest BCUT2D eigenvalue weighted by Gasteiger charge is 2.09. The van der Waals surface area contributed by atoms with E-state index in [1.54, 1.807) is 11.8 Å². The van der Waals surface area contributed by atoms with Crippen LogP contribution in [0.5, 0.6) is 0 Å². The maximum atomic E-state index is 6.17. The molecule has 2 rings (SSSR count). The lowest BCUT2D eigenvalue weighted by molar-refractivity contribution is 0.605. The molecule has 1 heterocycles. The molecule has 0 amide bonds. The van der Waals surface area contributed by atoms with Crippen molar-refractivity contribution < 1.29 is 0 Å². The molecule has 2 N–H and O–H groups in total. The Labute approximate surface area is 97.6 Å². The van der Waals surface area contributed by atoms with E-state index in [9.17, 15) is 0 Å². The van der Waals surface area contributed by atoms with Crippen molar-refractivity contribution in [2.75, 3.05) is 0 Å². The van der Waals surface area contributed by atoms with Gasteiger partial charge in [0, 0.05) is 18.4 Å². The summed E-state index contributed by atoms with van der Waals surface area (Å²) >= 11 is 0. The molecule has 1 aromatic heterocycles. The molecule has 0 spiro atoms. The van der Waals surface area contributed by atoms with E-state index < -0.39 is 0 Å². The van der Waals surface area contributed by atoms with Crippen LogP contribution < -0.4 is 5.73 Å². The zero-order chi connectivity index (χ0) is 11.2. The Balaban J connectivity index is 1.84. The third kappa shape index (κ3) is 3.46. The van der Waals surface area contributed by atoms with Crippen LogP contribution in [0.1, 0.15) is 37.7 Å². The molecule has 1 unspecified atom stereocenters. The smallest absolute Gasteiger partial charge is 0.0300 e. The van der Waals surface area contributed by atoms with Crippen LogP contribution in [0.4, 0.5) is 0 Å². The van der Waals surface area contributed by atoms with Crippen LogP contribution in [0.25, 0.3) is 0 Å². The lowest BCUT2D eigenvalue weighted by atomic mass is 9.92. The second-order valence-electron chi connectivity index (χ2n) is 4.64. The molecular weight excluding hydrogens is 196 g/mol. The molecule has 0 fully saturated rings. The maximum absolute atomic E-state index is 6.17. The lowest BCUT2D eigenvalue weighted by Crippen LogP contribution is -2.23. The zero-order valence-electron chi connectivity index (χ0n) is 9.73. The van der Waals surface area contributed by atoms with E-state index in [2.05, 4.69) is 17.1 Å². The van der Waals surface area contributed by atoms with Crippen LogP contribution >= 0.6 is 0 Å². The minimum Gasteiger partial charge on any atom is -0.327 e. The Kier molecular flexibility index (Phi) is 4.11. The molecule has 0 saturated heterocycles. The van der Waals surface area contributed by atoms with Crippen molar-refractivity contribution >= 4 is 0 Å². The minimum absolute atomic E-state index is 0.244. The molecule has 86 valence electrons. The summed E-state index contributed by atoms with van der Waals surface area (Å²) in [6.45, 7) is 0. The highest BCUT2D eigenvalue weighted by Crippen LogP contribution is 2.21. The first-order valence-electron chi connectivity index (χ1n) is 6.17. The summed E-state index contributed by atoms with van der Waals surface area (Å²) in [7, 11) is 0. The molecule has 1 aliphatic carbocycles. The summed E-state index contributed by atoms with van der Waals surface area (Å²) < 4.78 is 0. The van der Waals surface area contributed by atoms with E-state index in [-0.39, 0.29) is 6.04 Å². The Morgan fingerprint density at radius 2 is 2.25 bits per heavy atom. The normalized spacial score (nSPS) is 17.9. The Bertz CT molecular complexity index is 343. The van der Waals surface area contributed by atoms with Crippen molar-refractivity contribution in [1.29, 1.82) is 0 Å². The number of allylic oxidation sites excluding steroid dienone is 1. The van der Waals surface area contributed by atoms with Crippen molar-refractivity contribution in [3.63, 3.8) is 0 Å². The van der Waals surface area contributed by atoms with Crippen molar-refractivity contribution in [2.45, 2.75) is 44.6 Å². The van der Waals surface area contributed by atoms with Crippen LogP contribution in [-0.2, 0) is 6.42 Å². The number of nitrogens with two attached hydrogens (primary N) is 1. The van der Waals surface area contributed by atoms with Gasteiger partial charge in [0.2, 0.25) is 0 Å². The summed E-state index contributed by atoms with van der Waals surface area (Å²) in [5.74, 6) is 0. The van der Waals surface area contributed by atoms with Gasteiger partial charge in [-0.25, -0.2) is 0 Å². The standard InChI is InChI=1S/C14H20N2/c15-14(9-12-5-2-1-3-6-12)10-13-7-4-8-16-11-13/h4-5,7-8,11,14H,1-3,6,9-10,15H2. The van der Waals surface area contributed by atoms with Gasteiger partial charge in [-0.2, -0.15) is 0 Å². The molecule has 0 aromatic carbocycles. The molecule has 0 bridgehead atoms. The summed E-state index contributed by atoms with van der Waals surface area (Å²) in [6.07, 6.45) is 13.3. The van der Waals surface area contributed by atoms with Gasteiger partial charge >= 0.3 is 0 Å². The van der Waals surface area contributed by atoms with Crippen LogP contribution in [-0.4, -0.2) is 11.0 Å². The van der Waals surface area contributed by atoms with Crippen LogP contribution in [0, 0.1) is 0 Å². The van der Waals surface area contributed by atoms with Gasteiger partial charge in [-0.3, -0.25) is 4.98 Å². The van der Waals surface area contributed by atoms with Gasteiger partial charge in [-0.1, -0.05) is 17.7 Å². The number of nitrogens with zero attached hydrogens (tertiary/aromatic N) is 1. The van der Waals surface area contributed by atoms with Gasteiger partial charge in [0.25, 0.3) is 0 Å². The largest absolute Gasteiger partial charge is 0.327 e. The number of hydrogen-bond acceptors (Lipinski definition) is 2. The maximum Gasteiger partial charge on any atom is 0.0300 e. The van der Waals surface area contributed by atoms with Gasteiger partial charge in [-0.15, -0.1) is 0 Å². The molecule has 0 radical (unpaired) electrons. The van der Waals surface area contributed by atoms with Crippen molar-refractivity contribution in [1.82, 2.24) is 4.98 Å². The predicted molar refractivity (Wildman–Crippen MR) is 67.1 cm³/mol. The molecular formula is C14H20N2. The van der Waals surface area contributed by atoms with E-state index in [0.717, 1.165) is 12.8 Å². The second kappa shape index (κ2) is 5.80. The summed E-state index contributed by atoms with van der Waals surface area (Å²) in [5.41, 5.74) is 8.97. The lowest BCUT2D eigenvalue weighted by Gasteiger charge is -2.17. The minimum atomic E-state index is 0.244. The molecule has 1 aromatic rings. The summed E-state index contributed by atoms with van der Waals surface area (Å²) in [4.78, 5) is 4.11. The molecule has 2 heteroatoms. The third-order valence-corrected chi connectivity index (χ3v) is 3.13. The average Bonchev–Trinajstić information content (AvgIpc) is 2.31. The van der Waals surface area contributed by atoms with E-state index in [4.69, 9.17) is 5.73 Å². The van der Waals surface area contributed by atoms with E-state index in [1.807, 2.05) is 12.3 Å². The zero-order valence-corrected chi connectivity index (χ0v) is 9.73. The Hall–Kier alpha value is -1.15. The molecule has 1 aliphatic rings. The van der Waals surface area contributed by atoms with Crippen molar-refractivity contribution in [3.8, 4) is 0 Å². The van der Waals surface area contributed by atoms with Gasteiger partial charge in [0.1, 0.15) is 0 Å². The summed E-state index contributed by atoms with van der Waals surface area (Å²) in [5, 5.41) is 0. The van der Waals surface area contributed by atoms with Gasteiger partial charge < -0.3 is 5.73 Å². The van der Waals surface area contributed by atoms with Crippen LogP contribution in [0.3, 0.4) is 0 Å². The number of rotatable bonds is 4.